The van der Waals surface area contributed by atoms with Gasteiger partial charge >= 0.3 is 0 Å². The molecule has 1 aliphatic heterocycles. The van der Waals surface area contributed by atoms with Crippen molar-refractivity contribution in [1.29, 1.82) is 0 Å². The van der Waals surface area contributed by atoms with Crippen molar-refractivity contribution in [2.24, 2.45) is 0 Å². The van der Waals surface area contributed by atoms with Gasteiger partial charge in [0.05, 0.1) is 0 Å². The predicted molar refractivity (Wildman–Crippen MR) is 78.0 cm³/mol. The highest BCUT2D eigenvalue weighted by atomic mass is 19.1. The molecule has 1 N–H and O–H groups in total. The molecule has 1 aliphatic rings. The lowest BCUT2D eigenvalue weighted by Gasteiger charge is -2.33. The normalized spacial score (nSPS) is 18.1. The first-order valence-electron chi connectivity index (χ1n) is 7.30. The summed E-state index contributed by atoms with van der Waals surface area (Å²) in [4.78, 5) is 13.2. The van der Waals surface area contributed by atoms with Gasteiger partial charge in [0.15, 0.2) is 0 Å². The molecule has 1 amide bonds. The molecule has 0 radical (unpaired) electrons. The van der Waals surface area contributed by atoms with Crippen LogP contribution in [-0.4, -0.2) is 36.0 Å². The molecule has 0 spiro atoms. The van der Waals surface area contributed by atoms with Gasteiger partial charge in [0, 0.05) is 32.1 Å². The van der Waals surface area contributed by atoms with Crippen LogP contribution in [0.2, 0.25) is 0 Å². The molecule has 20 heavy (non-hydrogen) atoms. The number of carbonyl (C=O) groups is 1. The van der Waals surface area contributed by atoms with E-state index in [9.17, 15) is 9.18 Å². The minimum absolute atomic E-state index is 0.163. The SMILES string of the molecule is CC(=O)N1CCC(NC(C)Cc2cccc(F)c2)CC1. The highest BCUT2D eigenvalue weighted by Gasteiger charge is 2.21. The van der Waals surface area contributed by atoms with E-state index < -0.39 is 0 Å². The van der Waals surface area contributed by atoms with E-state index in [1.807, 2.05) is 11.0 Å². The molecule has 3 nitrogen and oxygen atoms in total. The second-order valence-electron chi connectivity index (χ2n) is 5.68. The molecule has 0 aromatic heterocycles. The minimum Gasteiger partial charge on any atom is -0.343 e. The maximum absolute atomic E-state index is 13.1. The Morgan fingerprint density at radius 1 is 1.45 bits per heavy atom. The fourth-order valence-electron chi connectivity index (χ4n) is 2.84. The summed E-state index contributed by atoms with van der Waals surface area (Å²) in [6.45, 7) is 5.42. The second-order valence-corrected chi connectivity index (χ2v) is 5.68. The van der Waals surface area contributed by atoms with Crippen LogP contribution in [0.1, 0.15) is 32.3 Å². The number of nitrogens with one attached hydrogen (secondary N) is 1. The van der Waals surface area contributed by atoms with Gasteiger partial charge in [-0.1, -0.05) is 12.1 Å². The number of hydrogen-bond donors (Lipinski definition) is 1. The van der Waals surface area contributed by atoms with E-state index in [1.165, 1.54) is 6.07 Å². The number of rotatable bonds is 4. The third-order valence-electron chi connectivity index (χ3n) is 3.89. The molecule has 1 heterocycles. The van der Waals surface area contributed by atoms with Crippen LogP contribution in [0.5, 0.6) is 0 Å². The van der Waals surface area contributed by atoms with Gasteiger partial charge in [-0.25, -0.2) is 4.39 Å². The zero-order valence-electron chi connectivity index (χ0n) is 12.2. The lowest BCUT2D eigenvalue weighted by molar-refractivity contribution is -0.129. The number of hydrogen-bond acceptors (Lipinski definition) is 2. The number of carbonyl (C=O) groups excluding carboxylic acids is 1. The fourth-order valence-corrected chi connectivity index (χ4v) is 2.84. The zero-order chi connectivity index (χ0) is 14.5. The summed E-state index contributed by atoms with van der Waals surface area (Å²) in [7, 11) is 0. The van der Waals surface area contributed by atoms with Crippen molar-refractivity contribution < 1.29 is 9.18 Å². The summed E-state index contributed by atoms with van der Waals surface area (Å²) in [5, 5.41) is 3.59. The number of likely N-dealkylation sites (tertiary alicyclic amines) is 1. The fraction of sp³-hybridized carbons (Fsp3) is 0.562. The first-order valence-corrected chi connectivity index (χ1v) is 7.30. The average molecular weight is 278 g/mol. The van der Waals surface area contributed by atoms with Crippen LogP contribution in [0.3, 0.4) is 0 Å². The Morgan fingerprint density at radius 3 is 2.75 bits per heavy atom. The molecule has 1 aromatic carbocycles. The third-order valence-corrected chi connectivity index (χ3v) is 3.89. The van der Waals surface area contributed by atoms with Crippen molar-refractivity contribution in [2.75, 3.05) is 13.1 Å². The number of amides is 1. The molecular weight excluding hydrogens is 255 g/mol. The quantitative estimate of drug-likeness (QED) is 0.917. The van der Waals surface area contributed by atoms with Gasteiger partial charge in [-0.05, 0) is 43.9 Å². The highest BCUT2D eigenvalue weighted by Crippen LogP contribution is 2.13. The Bertz CT molecular complexity index is 456. The van der Waals surface area contributed by atoms with Gasteiger partial charge in [-0.15, -0.1) is 0 Å². The van der Waals surface area contributed by atoms with Gasteiger partial charge in [-0.3, -0.25) is 4.79 Å². The van der Waals surface area contributed by atoms with E-state index in [0.29, 0.717) is 12.1 Å². The van der Waals surface area contributed by atoms with Crippen LogP contribution in [0.15, 0.2) is 24.3 Å². The average Bonchev–Trinajstić information content (AvgIpc) is 2.39. The highest BCUT2D eigenvalue weighted by molar-refractivity contribution is 5.73. The number of halogens is 1. The predicted octanol–water partition coefficient (Wildman–Crippen LogP) is 2.36. The van der Waals surface area contributed by atoms with Crippen LogP contribution >= 0.6 is 0 Å². The smallest absolute Gasteiger partial charge is 0.219 e. The first kappa shape index (κ1) is 15.0. The largest absolute Gasteiger partial charge is 0.343 e. The van der Waals surface area contributed by atoms with Gasteiger partial charge in [0.1, 0.15) is 5.82 Å². The van der Waals surface area contributed by atoms with Gasteiger partial charge in [0.2, 0.25) is 5.91 Å². The maximum Gasteiger partial charge on any atom is 0.219 e. The number of piperidine rings is 1. The Labute approximate surface area is 120 Å². The summed E-state index contributed by atoms with van der Waals surface area (Å²) in [6, 6.07) is 7.54. The van der Waals surface area contributed by atoms with E-state index in [2.05, 4.69) is 12.2 Å². The van der Waals surface area contributed by atoms with E-state index >= 15 is 0 Å². The molecule has 1 fully saturated rings. The molecule has 1 unspecified atom stereocenters. The third kappa shape index (κ3) is 4.30. The van der Waals surface area contributed by atoms with Crippen LogP contribution in [-0.2, 0) is 11.2 Å². The molecule has 110 valence electrons. The van der Waals surface area contributed by atoms with Crippen LogP contribution in [0.25, 0.3) is 0 Å². The molecule has 4 heteroatoms. The van der Waals surface area contributed by atoms with E-state index in [1.54, 1.807) is 19.1 Å². The summed E-state index contributed by atoms with van der Waals surface area (Å²) in [5.74, 6) is -0.0132. The van der Waals surface area contributed by atoms with Gasteiger partial charge in [-0.2, -0.15) is 0 Å². The van der Waals surface area contributed by atoms with Crippen molar-refractivity contribution in [2.45, 2.75) is 45.2 Å². The molecule has 0 saturated carbocycles. The van der Waals surface area contributed by atoms with Crippen molar-refractivity contribution in [3.63, 3.8) is 0 Å². The maximum atomic E-state index is 13.1. The molecule has 0 bridgehead atoms. The van der Waals surface area contributed by atoms with Crippen LogP contribution in [0.4, 0.5) is 4.39 Å². The molecule has 1 atom stereocenters. The lowest BCUT2D eigenvalue weighted by atomic mass is 10.0. The molecular formula is C16H23FN2O. The molecule has 1 aromatic rings. The Hall–Kier alpha value is -1.42. The van der Waals surface area contributed by atoms with Crippen molar-refractivity contribution in [3.8, 4) is 0 Å². The summed E-state index contributed by atoms with van der Waals surface area (Å²) in [5.41, 5.74) is 1.02. The molecule has 2 rings (SSSR count). The second kappa shape index (κ2) is 6.84. The van der Waals surface area contributed by atoms with Gasteiger partial charge in [0.25, 0.3) is 0 Å². The molecule has 1 saturated heterocycles. The van der Waals surface area contributed by atoms with Crippen LogP contribution < -0.4 is 5.32 Å². The van der Waals surface area contributed by atoms with E-state index in [0.717, 1.165) is 37.9 Å². The Balaban J connectivity index is 1.78. The van der Waals surface area contributed by atoms with Crippen molar-refractivity contribution in [1.82, 2.24) is 10.2 Å². The number of benzene rings is 1. The van der Waals surface area contributed by atoms with Crippen molar-refractivity contribution >= 4 is 5.91 Å². The zero-order valence-corrected chi connectivity index (χ0v) is 12.2. The van der Waals surface area contributed by atoms with Gasteiger partial charge < -0.3 is 10.2 Å². The molecule has 0 aliphatic carbocycles. The Kier molecular flexibility index (Phi) is 5.12. The first-order chi connectivity index (χ1) is 9.54. The summed E-state index contributed by atoms with van der Waals surface area (Å²) < 4.78 is 13.1. The summed E-state index contributed by atoms with van der Waals surface area (Å²) >= 11 is 0. The van der Waals surface area contributed by atoms with E-state index in [4.69, 9.17) is 0 Å². The monoisotopic (exact) mass is 278 g/mol. The van der Waals surface area contributed by atoms with E-state index in [-0.39, 0.29) is 11.7 Å². The standard InChI is InChI=1S/C16H23FN2O/c1-12(10-14-4-3-5-15(17)11-14)18-16-6-8-19(9-7-16)13(2)20/h3-5,11-12,16,18H,6-10H2,1-2H3. The minimum atomic E-state index is -0.176. The summed E-state index contributed by atoms with van der Waals surface area (Å²) in [6.07, 6.45) is 2.81. The number of nitrogens with zero attached hydrogens (tertiary/aromatic N) is 1. The topological polar surface area (TPSA) is 32.3 Å². The Morgan fingerprint density at radius 2 is 2.15 bits per heavy atom. The van der Waals surface area contributed by atoms with Crippen molar-refractivity contribution in [3.05, 3.63) is 35.6 Å². The lowest BCUT2D eigenvalue weighted by Crippen LogP contribution is -2.47. The van der Waals surface area contributed by atoms with Crippen LogP contribution in [0, 0.1) is 5.82 Å².